The summed E-state index contributed by atoms with van der Waals surface area (Å²) in [5.41, 5.74) is 1.24. The standard InChI is InChI=1S/C15H18ClN5O3/c1-3-20(6-7-22)15-13(21(23)24)14(17-9-18-15)19-11-5-4-10(2)12(16)8-11/h4-5,8-9,22H,3,6-7H2,1-2H3,(H,17,18,19). The number of nitro groups is 1. The summed E-state index contributed by atoms with van der Waals surface area (Å²) in [6.07, 6.45) is 1.25. The van der Waals surface area contributed by atoms with Crippen LogP contribution in [0.25, 0.3) is 0 Å². The van der Waals surface area contributed by atoms with E-state index in [0.717, 1.165) is 5.56 Å². The van der Waals surface area contributed by atoms with Crippen LogP contribution in [-0.4, -0.2) is 39.7 Å². The molecule has 0 aliphatic heterocycles. The van der Waals surface area contributed by atoms with E-state index in [-0.39, 0.29) is 30.5 Å². The molecule has 128 valence electrons. The number of likely N-dealkylation sites (N-methyl/N-ethyl adjacent to an activating group) is 1. The molecule has 9 heteroatoms. The molecule has 24 heavy (non-hydrogen) atoms. The summed E-state index contributed by atoms with van der Waals surface area (Å²) in [5, 5.41) is 24.1. The Morgan fingerprint density at radius 1 is 1.42 bits per heavy atom. The van der Waals surface area contributed by atoms with Crippen LogP contribution in [0.5, 0.6) is 0 Å². The lowest BCUT2D eigenvalue weighted by Crippen LogP contribution is -2.28. The molecular weight excluding hydrogens is 334 g/mol. The molecule has 0 saturated heterocycles. The summed E-state index contributed by atoms with van der Waals surface area (Å²) in [6, 6.07) is 5.24. The molecule has 0 fully saturated rings. The average Bonchev–Trinajstić information content (AvgIpc) is 2.55. The number of hydrogen-bond donors (Lipinski definition) is 2. The van der Waals surface area contributed by atoms with Gasteiger partial charge in [0.25, 0.3) is 0 Å². The normalized spacial score (nSPS) is 10.5. The number of aliphatic hydroxyl groups excluding tert-OH is 1. The molecule has 2 N–H and O–H groups in total. The zero-order valence-corrected chi connectivity index (χ0v) is 14.1. The average molecular weight is 352 g/mol. The second-order valence-electron chi connectivity index (χ2n) is 5.04. The molecule has 1 aromatic heterocycles. The number of halogens is 1. The number of nitrogens with zero attached hydrogens (tertiary/aromatic N) is 4. The third-order valence-electron chi connectivity index (χ3n) is 3.47. The molecular formula is C15H18ClN5O3. The lowest BCUT2D eigenvalue weighted by molar-refractivity contribution is -0.383. The molecule has 2 aromatic rings. The summed E-state index contributed by atoms with van der Waals surface area (Å²) < 4.78 is 0. The van der Waals surface area contributed by atoms with Crippen LogP contribution in [0.1, 0.15) is 12.5 Å². The Morgan fingerprint density at radius 2 is 2.17 bits per heavy atom. The van der Waals surface area contributed by atoms with Crippen LogP contribution in [0.15, 0.2) is 24.5 Å². The second-order valence-corrected chi connectivity index (χ2v) is 5.45. The molecule has 0 amide bonds. The summed E-state index contributed by atoms with van der Waals surface area (Å²) in [6.45, 7) is 4.27. The van der Waals surface area contributed by atoms with Crippen LogP contribution >= 0.6 is 11.6 Å². The number of aliphatic hydroxyl groups is 1. The summed E-state index contributed by atoms with van der Waals surface area (Å²) in [4.78, 5) is 20.6. The fourth-order valence-corrected chi connectivity index (χ4v) is 2.38. The Kier molecular flexibility index (Phi) is 5.88. The Morgan fingerprint density at radius 3 is 2.75 bits per heavy atom. The number of anilines is 3. The molecule has 0 atom stereocenters. The van der Waals surface area contributed by atoms with Crippen molar-refractivity contribution in [1.82, 2.24) is 9.97 Å². The zero-order valence-electron chi connectivity index (χ0n) is 13.4. The van der Waals surface area contributed by atoms with Gasteiger partial charge in [0.05, 0.1) is 11.5 Å². The highest BCUT2D eigenvalue weighted by Crippen LogP contribution is 2.34. The molecule has 1 aromatic carbocycles. The largest absolute Gasteiger partial charge is 0.395 e. The van der Waals surface area contributed by atoms with E-state index in [4.69, 9.17) is 16.7 Å². The zero-order chi connectivity index (χ0) is 17.7. The van der Waals surface area contributed by atoms with Crippen molar-refractivity contribution in [1.29, 1.82) is 0 Å². The maximum Gasteiger partial charge on any atom is 0.353 e. The fourth-order valence-electron chi connectivity index (χ4n) is 2.20. The van der Waals surface area contributed by atoms with Crippen LogP contribution < -0.4 is 10.2 Å². The van der Waals surface area contributed by atoms with Crippen LogP contribution in [0, 0.1) is 17.0 Å². The first-order valence-corrected chi connectivity index (χ1v) is 7.74. The highest BCUT2D eigenvalue weighted by Gasteiger charge is 2.26. The quantitative estimate of drug-likeness (QED) is 0.583. The van der Waals surface area contributed by atoms with Crippen molar-refractivity contribution in [2.24, 2.45) is 0 Å². The van der Waals surface area contributed by atoms with Crippen LogP contribution in [0.3, 0.4) is 0 Å². The molecule has 2 rings (SSSR count). The molecule has 0 spiro atoms. The van der Waals surface area contributed by atoms with E-state index in [1.807, 2.05) is 19.9 Å². The third-order valence-corrected chi connectivity index (χ3v) is 3.88. The second kappa shape index (κ2) is 7.89. The van der Waals surface area contributed by atoms with Crippen molar-refractivity contribution >= 4 is 34.6 Å². The van der Waals surface area contributed by atoms with Gasteiger partial charge in [-0.15, -0.1) is 0 Å². The van der Waals surface area contributed by atoms with E-state index in [9.17, 15) is 10.1 Å². The number of nitrogens with one attached hydrogen (secondary N) is 1. The van der Waals surface area contributed by atoms with Crippen LogP contribution in [-0.2, 0) is 0 Å². The van der Waals surface area contributed by atoms with E-state index in [1.54, 1.807) is 17.0 Å². The molecule has 0 radical (unpaired) electrons. The van der Waals surface area contributed by atoms with Gasteiger partial charge in [-0.1, -0.05) is 17.7 Å². The predicted molar refractivity (Wildman–Crippen MR) is 93.1 cm³/mol. The van der Waals surface area contributed by atoms with Gasteiger partial charge in [0, 0.05) is 23.8 Å². The van der Waals surface area contributed by atoms with Gasteiger partial charge in [-0.3, -0.25) is 10.1 Å². The van der Waals surface area contributed by atoms with Gasteiger partial charge in [-0.2, -0.15) is 0 Å². The van der Waals surface area contributed by atoms with Crippen molar-refractivity contribution in [2.75, 3.05) is 29.9 Å². The van der Waals surface area contributed by atoms with Gasteiger partial charge in [0.15, 0.2) is 0 Å². The summed E-state index contributed by atoms with van der Waals surface area (Å²) >= 11 is 6.09. The Labute approximate surface area is 144 Å². The van der Waals surface area contributed by atoms with Crippen molar-refractivity contribution in [2.45, 2.75) is 13.8 Å². The molecule has 0 bridgehead atoms. The minimum absolute atomic E-state index is 0.0707. The first-order chi connectivity index (χ1) is 11.5. The fraction of sp³-hybridized carbons (Fsp3) is 0.333. The third kappa shape index (κ3) is 3.90. The number of aryl methyl sites for hydroxylation is 1. The molecule has 1 heterocycles. The van der Waals surface area contributed by atoms with E-state index >= 15 is 0 Å². The van der Waals surface area contributed by atoms with Gasteiger partial charge in [0.1, 0.15) is 6.33 Å². The lowest BCUT2D eigenvalue weighted by atomic mass is 10.2. The van der Waals surface area contributed by atoms with Crippen molar-refractivity contribution in [3.8, 4) is 0 Å². The molecule has 0 aliphatic carbocycles. The molecule has 8 nitrogen and oxygen atoms in total. The highest BCUT2D eigenvalue weighted by molar-refractivity contribution is 6.31. The van der Waals surface area contributed by atoms with Crippen molar-refractivity contribution < 1.29 is 10.0 Å². The van der Waals surface area contributed by atoms with Gasteiger partial charge in [-0.05, 0) is 31.5 Å². The smallest absolute Gasteiger partial charge is 0.353 e. The predicted octanol–water partition coefficient (Wildman–Crippen LogP) is 2.91. The van der Waals surface area contributed by atoms with Gasteiger partial charge < -0.3 is 15.3 Å². The van der Waals surface area contributed by atoms with E-state index < -0.39 is 4.92 Å². The van der Waals surface area contributed by atoms with Gasteiger partial charge in [-0.25, -0.2) is 9.97 Å². The first kappa shape index (κ1) is 17.9. The lowest BCUT2D eigenvalue weighted by Gasteiger charge is -2.21. The maximum absolute atomic E-state index is 11.5. The minimum Gasteiger partial charge on any atom is -0.395 e. The number of hydrogen-bond acceptors (Lipinski definition) is 7. The van der Waals surface area contributed by atoms with Crippen LogP contribution in [0.2, 0.25) is 5.02 Å². The summed E-state index contributed by atoms with van der Waals surface area (Å²) in [5.74, 6) is 0.230. The van der Waals surface area contributed by atoms with Gasteiger partial charge >= 0.3 is 5.69 Å². The van der Waals surface area contributed by atoms with Crippen molar-refractivity contribution in [3.05, 3.63) is 45.2 Å². The SMILES string of the molecule is CCN(CCO)c1ncnc(Nc2ccc(C)c(Cl)c2)c1[N+](=O)[O-]. The Bertz CT molecular complexity index is 741. The van der Waals surface area contributed by atoms with Crippen LogP contribution in [0.4, 0.5) is 23.0 Å². The topological polar surface area (TPSA) is 104 Å². The first-order valence-electron chi connectivity index (χ1n) is 7.36. The van der Waals surface area contributed by atoms with E-state index in [0.29, 0.717) is 17.3 Å². The number of rotatable bonds is 7. The number of benzene rings is 1. The summed E-state index contributed by atoms with van der Waals surface area (Å²) in [7, 11) is 0. The molecule has 0 unspecified atom stereocenters. The number of aromatic nitrogens is 2. The molecule has 0 saturated carbocycles. The highest BCUT2D eigenvalue weighted by atomic mass is 35.5. The van der Waals surface area contributed by atoms with E-state index in [1.165, 1.54) is 6.33 Å². The van der Waals surface area contributed by atoms with Crippen molar-refractivity contribution in [3.63, 3.8) is 0 Å². The molecule has 0 aliphatic rings. The van der Waals surface area contributed by atoms with E-state index in [2.05, 4.69) is 15.3 Å². The maximum atomic E-state index is 11.5. The minimum atomic E-state index is -0.534. The Balaban J connectivity index is 2.45. The Hall–Kier alpha value is -2.45. The van der Waals surface area contributed by atoms with Gasteiger partial charge in [0.2, 0.25) is 11.6 Å². The monoisotopic (exact) mass is 351 g/mol.